The van der Waals surface area contributed by atoms with Gasteiger partial charge in [-0.15, -0.1) is 0 Å². The third-order valence-electron chi connectivity index (χ3n) is 4.87. The highest BCUT2D eigenvalue weighted by Crippen LogP contribution is 2.28. The summed E-state index contributed by atoms with van der Waals surface area (Å²) in [6.45, 7) is 5.76. The molecule has 2 N–H and O–H groups in total. The highest BCUT2D eigenvalue weighted by atomic mass is 16.5. The molecule has 1 aliphatic rings. The van der Waals surface area contributed by atoms with E-state index in [4.69, 9.17) is 13.9 Å². The van der Waals surface area contributed by atoms with Gasteiger partial charge in [-0.3, -0.25) is 4.90 Å². The van der Waals surface area contributed by atoms with Crippen molar-refractivity contribution in [1.29, 1.82) is 0 Å². The van der Waals surface area contributed by atoms with Crippen molar-refractivity contribution in [2.45, 2.75) is 26.4 Å². The summed E-state index contributed by atoms with van der Waals surface area (Å²) in [5.74, 6) is 0.784. The van der Waals surface area contributed by atoms with Crippen molar-refractivity contribution < 1.29 is 23.5 Å². The van der Waals surface area contributed by atoms with Crippen molar-refractivity contribution in [2.24, 2.45) is 0 Å². The number of urea groups is 1. The Morgan fingerprint density at radius 1 is 1.17 bits per heavy atom. The molecule has 1 unspecified atom stereocenters. The number of likely N-dealkylation sites (N-methyl/N-ethyl adjacent to an activating group) is 1. The van der Waals surface area contributed by atoms with E-state index in [0.717, 1.165) is 17.9 Å². The van der Waals surface area contributed by atoms with Gasteiger partial charge in [-0.05, 0) is 43.3 Å². The molecule has 0 spiro atoms. The fourth-order valence-corrected chi connectivity index (χ4v) is 3.35. The van der Waals surface area contributed by atoms with Gasteiger partial charge in [0.2, 0.25) is 0 Å². The number of hydrogen-bond acceptors (Lipinski definition) is 6. The Balaban J connectivity index is 1.89. The Bertz CT molecular complexity index is 890. The molecule has 2 heterocycles. The molecule has 160 valence electrons. The van der Waals surface area contributed by atoms with Crippen molar-refractivity contribution in [2.75, 3.05) is 26.8 Å². The van der Waals surface area contributed by atoms with Crippen LogP contribution in [0.15, 0.2) is 58.3 Å². The second-order valence-corrected chi connectivity index (χ2v) is 6.81. The van der Waals surface area contributed by atoms with E-state index < -0.39 is 12.0 Å². The van der Waals surface area contributed by atoms with Gasteiger partial charge >= 0.3 is 12.0 Å². The number of amides is 2. The summed E-state index contributed by atoms with van der Waals surface area (Å²) >= 11 is 0. The van der Waals surface area contributed by atoms with E-state index >= 15 is 0 Å². The number of carbonyl (C=O) groups is 2. The van der Waals surface area contributed by atoms with Gasteiger partial charge in [-0.2, -0.15) is 0 Å². The van der Waals surface area contributed by atoms with Crippen molar-refractivity contribution >= 4 is 12.0 Å². The Labute approximate surface area is 175 Å². The van der Waals surface area contributed by atoms with Crippen LogP contribution in [-0.2, 0) is 16.1 Å². The molecule has 0 fully saturated rings. The summed E-state index contributed by atoms with van der Waals surface area (Å²) in [5, 5.41) is 5.55. The normalized spacial score (nSPS) is 16.3. The lowest BCUT2D eigenvalue weighted by Gasteiger charge is -2.30. The molecule has 0 saturated carbocycles. The maximum Gasteiger partial charge on any atom is 0.338 e. The van der Waals surface area contributed by atoms with Crippen LogP contribution in [0.3, 0.4) is 0 Å². The topological polar surface area (TPSA) is 93.0 Å². The Hall–Kier alpha value is -3.26. The largest absolute Gasteiger partial charge is 0.497 e. The number of furan rings is 1. The predicted octanol–water partition coefficient (Wildman–Crippen LogP) is 2.98. The van der Waals surface area contributed by atoms with Gasteiger partial charge in [0.1, 0.15) is 17.6 Å². The second kappa shape index (κ2) is 9.98. The first-order valence-electron chi connectivity index (χ1n) is 9.92. The molecule has 0 aliphatic carbocycles. The van der Waals surface area contributed by atoms with Crippen molar-refractivity contribution in [3.05, 3.63) is 65.3 Å². The standard InChI is InChI=1S/C22H27N3O5/c1-4-25(13-15-8-10-16(28-3)11-9-15)14-17-19(21(26)29-5-2)20(24-22(27)23-17)18-7-6-12-30-18/h6-12,20H,4-5,13-14H2,1-3H3,(H2,23,24,27). The molecule has 1 aromatic carbocycles. The number of ether oxygens (including phenoxy) is 2. The molecule has 1 aliphatic heterocycles. The zero-order chi connectivity index (χ0) is 21.5. The van der Waals surface area contributed by atoms with Crippen LogP contribution in [-0.4, -0.2) is 43.7 Å². The molecule has 1 atom stereocenters. The number of nitrogens with zero attached hydrogens (tertiary/aromatic N) is 1. The van der Waals surface area contributed by atoms with E-state index in [9.17, 15) is 9.59 Å². The minimum absolute atomic E-state index is 0.234. The van der Waals surface area contributed by atoms with Crippen LogP contribution < -0.4 is 15.4 Å². The molecular formula is C22H27N3O5. The molecule has 8 nitrogen and oxygen atoms in total. The third-order valence-corrected chi connectivity index (χ3v) is 4.87. The molecule has 8 heteroatoms. The number of carbonyl (C=O) groups excluding carboxylic acids is 2. The van der Waals surface area contributed by atoms with E-state index in [1.54, 1.807) is 26.2 Å². The molecule has 1 aromatic heterocycles. The van der Waals surface area contributed by atoms with Gasteiger partial charge in [0.05, 0.1) is 25.6 Å². The molecule has 2 aromatic rings. The highest BCUT2D eigenvalue weighted by molar-refractivity contribution is 5.95. The number of benzene rings is 1. The molecule has 0 radical (unpaired) electrons. The van der Waals surface area contributed by atoms with Crippen LogP contribution >= 0.6 is 0 Å². The van der Waals surface area contributed by atoms with E-state index in [-0.39, 0.29) is 12.6 Å². The van der Waals surface area contributed by atoms with E-state index in [0.29, 0.717) is 30.1 Å². The molecule has 2 amide bonds. The Kier molecular flexibility index (Phi) is 7.13. The van der Waals surface area contributed by atoms with Gasteiger partial charge in [0.25, 0.3) is 0 Å². The van der Waals surface area contributed by atoms with E-state index in [1.807, 2.05) is 31.2 Å². The van der Waals surface area contributed by atoms with E-state index in [1.165, 1.54) is 6.26 Å². The first kappa shape index (κ1) is 21.4. The lowest BCUT2D eigenvalue weighted by Crippen LogP contribution is -2.48. The molecular weight excluding hydrogens is 386 g/mol. The lowest BCUT2D eigenvalue weighted by molar-refractivity contribution is -0.139. The van der Waals surface area contributed by atoms with Crippen molar-refractivity contribution in [3.63, 3.8) is 0 Å². The van der Waals surface area contributed by atoms with Crippen LogP contribution in [0.1, 0.15) is 31.2 Å². The summed E-state index contributed by atoms with van der Waals surface area (Å²) in [4.78, 5) is 27.2. The number of rotatable bonds is 9. The fraction of sp³-hybridized carbons (Fsp3) is 0.364. The summed E-state index contributed by atoms with van der Waals surface area (Å²) in [5.41, 5.74) is 1.95. The SMILES string of the molecule is CCOC(=O)C1=C(CN(CC)Cc2ccc(OC)cc2)NC(=O)NC1c1ccco1. The smallest absolute Gasteiger partial charge is 0.338 e. The maximum absolute atomic E-state index is 12.8. The Morgan fingerprint density at radius 2 is 1.93 bits per heavy atom. The van der Waals surface area contributed by atoms with Crippen LogP contribution in [0.2, 0.25) is 0 Å². The fourth-order valence-electron chi connectivity index (χ4n) is 3.35. The average Bonchev–Trinajstić information content (AvgIpc) is 3.28. The zero-order valence-electron chi connectivity index (χ0n) is 17.4. The van der Waals surface area contributed by atoms with Gasteiger partial charge in [-0.1, -0.05) is 19.1 Å². The first-order valence-corrected chi connectivity index (χ1v) is 9.92. The number of nitrogens with one attached hydrogen (secondary N) is 2. The summed E-state index contributed by atoms with van der Waals surface area (Å²) in [6, 6.07) is 10.2. The summed E-state index contributed by atoms with van der Waals surface area (Å²) < 4.78 is 15.9. The van der Waals surface area contributed by atoms with Crippen LogP contribution in [0, 0.1) is 0 Å². The van der Waals surface area contributed by atoms with Crippen molar-refractivity contribution in [1.82, 2.24) is 15.5 Å². The minimum Gasteiger partial charge on any atom is -0.497 e. The third kappa shape index (κ3) is 5.01. The zero-order valence-corrected chi connectivity index (χ0v) is 17.4. The average molecular weight is 413 g/mol. The van der Waals surface area contributed by atoms with Crippen LogP contribution in [0.5, 0.6) is 5.75 Å². The monoisotopic (exact) mass is 413 g/mol. The molecule has 30 heavy (non-hydrogen) atoms. The quantitative estimate of drug-likeness (QED) is 0.614. The van der Waals surface area contributed by atoms with E-state index in [2.05, 4.69) is 15.5 Å². The van der Waals surface area contributed by atoms with Gasteiger partial charge < -0.3 is 24.5 Å². The maximum atomic E-state index is 12.8. The summed E-state index contributed by atoms with van der Waals surface area (Å²) in [6.07, 6.45) is 1.51. The number of hydrogen-bond donors (Lipinski definition) is 2. The number of methoxy groups -OCH3 is 1. The van der Waals surface area contributed by atoms with Gasteiger partial charge in [-0.25, -0.2) is 9.59 Å². The molecule has 3 rings (SSSR count). The lowest BCUT2D eigenvalue weighted by atomic mass is 9.99. The molecule has 0 saturated heterocycles. The predicted molar refractivity (Wildman–Crippen MR) is 111 cm³/mol. The van der Waals surface area contributed by atoms with Crippen molar-refractivity contribution in [3.8, 4) is 5.75 Å². The second-order valence-electron chi connectivity index (χ2n) is 6.81. The number of esters is 1. The van der Waals surface area contributed by atoms with Crippen LogP contribution in [0.25, 0.3) is 0 Å². The minimum atomic E-state index is -0.706. The van der Waals surface area contributed by atoms with Gasteiger partial charge in [0, 0.05) is 18.8 Å². The highest BCUT2D eigenvalue weighted by Gasteiger charge is 2.35. The Morgan fingerprint density at radius 3 is 2.53 bits per heavy atom. The van der Waals surface area contributed by atoms with Crippen LogP contribution in [0.4, 0.5) is 4.79 Å². The summed E-state index contributed by atoms with van der Waals surface area (Å²) in [7, 11) is 1.63. The van der Waals surface area contributed by atoms with Gasteiger partial charge in [0.15, 0.2) is 0 Å². The molecule has 0 bridgehead atoms. The first-order chi connectivity index (χ1) is 14.5.